The molecule has 0 spiro atoms. The Balaban J connectivity index is 1.81. The summed E-state index contributed by atoms with van der Waals surface area (Å²) in [4.78, 5) is 24.2. The number of hydrogen-bond acceptors (Lipinski definition) is 6. The number of carbonyl (C=O) groups is 2. The number of ether oxygens (including phenoxy) is 1. The highest BCUT2D eigenvalue weighted by atomic mass is 32.1. The molecule has 0 fully saturated rings. The van der Waals surface area contributed by atoms with E-state index >= 15 is 0 Å². The maximum Gasteiger partial charge on any atom is 0.269 e. The summed E-state index contributed by atoms with van der Waals surface area (Å²) in [5.41, 5.74) is 2.45. The Bertz CT molecular complexity index is 938. The average molecular weight is 368 g/mol. The zero-order valence-electron chi connectivity index (χ0n) is 14.1. The van der Waals surface area contributed by atoms with E-state index in [0.717, 1.165) is 22.8 Å². The second-order valence-electron chi connectivity index (χ2n) is 5.40. The normalized spacial score (nSPS) is 10.2. The van der Waals surface area contributed by atoms with Crippen molar-refractivity contribution in [3.8, 4) is 17.0 Å². The van der Waals surface area contributed by atoms with Gasteiger partial charge in [0, 0.05) is 23.9 Å². The van der Waals surface area contributed by atoms with E-state index in [4.69, 9.17) is 4.74 Å². The number of anilines is 2. The monoisotopic (exact) mass is 368 g/mol. The molecular weight excluding hydrogens is 352 g/mol. The minimum Gasteiger partial charge on any atom is -0.497 e. The first-order valence-corrected chi connectivity index (χ1v) is 8.50. The van der Waals surface area contributed by atoms with Crippen molar-refractivity contribution >= 4 is 34.7 Å². The third-order valence-electron chi connectivity index (χ3n) is 3.50. The van der Waals surface area contributed by atoms with E-state index in [1.54, 1.807) is 43.5 Å². The van der Waals surface area contributed by atoms with Crippen LogP contribution in [-0.2, 0) is 4.79 Å². The fourth-order valence-corrected chi connectivity index (χ4v) is 2.93. The second-order valence-corrected chi connectivity index (χ2v) is 6.15. The lowest BCUT2D eigenvalue weighted by atomic mass is 10.1. The van der Waals surface area contributed by atoms with Crippen molar-refractivity contribution in [1.82, 2.24) is 9.59 Å². The highest BCUT2D eigenvalue weighted by molar-refractivity contribution is 7.08. The summed E-state index contributed by atoms with van der Waals surface area (Å²) in [6, 6.07) is 14.2. The Hall–Kier alpha value is -3.26. The third kappa shape index (κ3) is 4.04. The van der Waals surface area contributed by atoms with Gasteiger partial charge in [-0.1, -0.05) is 10.6 Å². The summed E-state index contributed by atoms with van der Waals surface area (Å²) in [6.45, 7) is 1.43. The number of carbonyl (C=O) groups excluding carboxylic acids is 2. The maximum absolute atomic E-state index is 12.6. The molecular formula is C18H16N4O3S. The molecule has 0 saturated heterocycles. The highest BCUT2D eigenvalue weighted by Crippen LogP contribution is 2.27. The van der Waals surface area contributed by atoms with E-state index in [1.165, 1.54) is 6.92 Å². The fourth-order valence-electron chi connectivity index (χ4n) is 2.34. The first kappa shape index (κ1) is 17.6. The van der Waals surface area contributed by atoms with E-state index in [2.05, 4.69) is 20.2 Å². The van der Waals surface area contributed by atoms with Gasteiger partial charge in [0.25, 0.3) is 5.91 Å². The van der Waals surface area contributed by atoms with Crippen molar-refractivity contribution in [3.63, 3.8) is 0 Å². The number of hydrogen-bond donors (Lipinski definition) is 2. The van der Waals surface area contributed by atoms with Crippen LogP contribution in [0.15, 0.2) is 48.5 Å². The summed E-state index contributed by atoms with van der Waals surface area (Å²) in [5.74, 6) is 0.227. The summed E-state index contributed by atoms with van der Waals surface area (Å²) in [6.07, 6.45) is 0. The lowest BCUT2D eigenvalue weighted by molar-refractivity contribution is -0.114. The van der Waals surface area contributed by atoms with Crippen LogP contribution in [-0.4, -0.2) is 28.5 Å². The number of methoxy groups -OCH3 is 1. The van der Waals surface area contributed by atoms with Crippen molar-refractivity contribution in [2.24, 2.45) is 0 Å². The van der Waals surface area contributed by atoms with Gasteiger partial charge < -0.3 is 15.4 Å². The number of benzene rings is 2. The molecule has 132 valence electrons. The van der Waals surface area contributed by atoms with Gasteiger partial charge in [-0.05, 0) is 54.0 Å². The molecule has 1 aromatic heterocycles. The predicted molar refractivity (Wildman–Crippen MR) is 101 cm³/mol. The van der Waals surface area contributed by atoms with Crippen LogP contribution in [0.1, 0.15) is 16.6 Å². The molecule has 1 heterocycles. The Morgan fingerprint density at radius 3 is 2.38 bits per heavy atom. The highest BCUT2D eigenvalue weighted by Gasteiger charge is 2.18. The molecule has 7 nitrogen and oxygen atoms in total. The molecule has 26 heavy (non-hydrogen) atoms. The second kappa shape index (κ2) is 7.75. The molecule has 8 heteroatoms. The summed E-state index contributed by atoms with van der Waals surface area (Å²) in [5, 5.41) is 9.55. The zero-order valence-corrected chi connectivity index (χ0v) is 15.0. The van der Waals surface area contributed by atoms with Gasteiger partial charge in [0.2, 0.25) is 5.91 Å². The molecule has 0 aliphatic heterocycles. The maximum atomic E-state index is 12.6. The number of aromatic nitrogens is 2. The smallest absolute Gasteiger partial charge is 0.269 e. The molecule has 0 radical (unpaired) electrons. The molecule has 0 aliphatic rings. The largest absolute Gasteiger partial charge is 0.497 e. The SMILES string of the molecule is COc1ccc(-c2nnsc2C(=O)Nc2cccc(NC(C)=O)c2)cc1. The van der Waals surface area contributed by atoms with E-state index in [9.17, 15) is 9.59 Å². The molecule has 2 aromatic carbocycles. The Morgan fingerprint density at radius 2 is 1.73 bits per heavy atom. The number of nitrogens with one attached hydrogen (secondary N) is 2. The van der Waals surface area contributed by atoms with Gasteiger partial charge in [-0.3, -0.25) is 9.59 Å². The van der Waals surface area contributed by atoms with Gasteiger partial charge in [-0.2, -0.15) is 0 Å². The number of rotatable bonds is 5. The molecule has 0 saturated carbocycles. The first-order chi connectivity index (χ1) is 12.6. The van der Waals surface area contributed by atoms with Crippen LogP contribution in [0.5, 0.6) is 5.75 Å². The van der Waals surface area contributed by atoms with Crippen molar-refractivity contribution in [1.29, 1.82) is 0 Å². The van der Waals surface area contributed by atoms with Gasteiger partial charge in [0.05, 0.1) is 7.11 Å². The van der Waals surface area contributed by atoms with E-state index < -0.39 is 0 Å². The molecule has 3 aromatic rings. The number of amides is 2. The lowest BCUT2D eigenvalue weighted by Crippen LogP contribution is -2.12. The van der Waals surface area contributed by atoms with Crippen LogP contribution < -0.4 is 15.4 Å². The molecule has 3 rings (SSSR count). The van der Waals surface area contributed by atoms with Crippen LogP contribution in [0.3, 0.4) is 0 Å². The van der Waals surface area contributed by atoms with Crippen LogP contribution in [0.4, 0.5) is 11.4 Å². The standard InChI is InChI=1S/C18H16N4O3S/c1-11(23)19-13-4-3-5-14(10-13)20-18(24)17-16(21-22-26-17)12-6-8-15(25-2)9-7-12/h3-10H,1-2H3,(H,19,23)(H,20,24). The molecule has 0 bridgehead atoms. The van der Waals surface area contributed by atoms with E-state index in [1.807, 2.05) is 12.1 Å². The van der Waals surface area contributed by atoms with Crippen molar-refractivity contribution in [2.45, 2.75) is 6.92 Å². The minimum absolute atomic E-state index is 0.179. The Morgan fingerprint density at radius 1 is 1.04 bits per heavy atom. The van der Waals surface area contributed by atoms with Crippen molar-refractivity contribution in [2.75, 3.05) is 17.7 Å². The summed E-state index contributed by atoms with van der Waals surface area (Å²) < 4.78 is 9.04. The first-order valence-electron chi connectivity index (χ1n) is 7.72. The van der Waals surface area contributed by atoms with Gasteiger partial charge in [0.1, 0.15) is 16.3 Å². The molecule has 2 N–H and O–H groups in total. The zero-order chi connectivity index (χ0) is 18.5. The minimum atomic E-state index is -0.314. The molecule has 0 aliphatic carbocycles. The summed E-state index contributed by atoms with van der Waals surface area (Å²) in [7, 11) is 1.59. The quantitative estimate of drug-likeness (QED) is 0.720. The van der Waals surface area contributed by atoms with Gasteiger partial charge in [-0.15, -0.1) is 5.10 Å². The van der Waals surface area contributed by atoms with Gasteiger partial charge in [0.15, 0.2) is 0 Å². The van der Waals surface area contributed by atoms with E-state index in [0.29, 0.717) is 21.9 Å². The van der Waals surface area contributed by atoms with Crippen molar-refractivity contribution in [3.05, 3.63) is 53.4 Å². The van der Waals surface area contributed by atoms with Crippen LogP contribution in [0.25, 0.3) is 11.3 Å². The topological polar surface area (TPSA) is 93.2 Å². The van der Waals surface area contributed by atoms with Gasteiger partial charge in [-0.25, -0.2) is 0 Å². The van der Waals surface area contributed by atoms with E-state index in [-0.39, 0.29) is 11.8 Å². The molecule has 0 atom stereocenters. The molecule has 2 amide bonds. The van der Waals surface area contributed by atoms with Gasteiger partial charge >= 0.3 is 0 Å². The third-order valence-corrected chi connectivity index (χ3v) is 4.22. The number of nitrogens with zero attached hydrogens (tertiary/aromatic N) is 2. The lowest BCUT2D eigenvalue weighted by Gasteiger charge is -2.08. The average Bonchev–Trinajstić information content (AvgIpc) is 3.11. The van der Waals surface area contributed by atoms with Crippen LogP contribution in [0, 0.1) is 0 Å². The predicted octanol–water partition coefficient (Wildman–Crippen LogP) is 3.42. The molecule has 0 unspecified atom stereocenters. The van der Waals surface area contributed by atoms with Crippen LogP contribution in [0.2, 0.25) is 0 Å². The van der Waals surface area contributed by atoms with Crippen LogP contribution >= 0.6 is 11.5 Å². The van der Waals surface area contributed by atoms with Crippen molar-refractivity contribution < 1.29 is 14.3 Å². The fraction of sp³-hybridized carbons (Fsp3) is 0.111. The Labute approximate surface area is 154 Å². The Kier molecular flexibility index (Phi) is 5.23. The summed E-state index contributed by atoms with van der Waals surface area (Å²) >= 11 is 1.02.